The first-order valence-corrected chi connectivity index (χ1v) is 15.4. The molecular weight excluding hydrogens is 594 g/mol. The molecule has 0 radical (unpaired) electrons. The lowest BCUT2D eigenvalue weighted by Gasteiger charge is -2.36. The molecule has 0 amide bonds. The first kappa shape index (κ1) is 32.0. The summed E-state index contributed by atoms with van der Waals surface area (Å²) in [5, 5.41) is 11.5. The number of aliphatic hydroxyl groups is 1. The lowest BCUT2D eigenvalue weighted by molar-refractivity contribution is -0.151. The van der Waals surface area contributed by atoms with Crippen molar-refractivity contribution in [3.8, 4) is 5.75 Å². The molecule has 42 heavy (non-hydrogen) atoms. The van der Waals surface area contributed by atoms with E-state index in [0.717, 1.165) is 0 Å². The molecule has 6 atom stereocenters. The van der Waals surface area contributed by atoms with Crippen LogP contribution in [0.4, 0.5) is 10.3 Å². The number of anilines is 1. The van der Waals surface area contributed by atoms with Gasteiger partial charge in [-0.15, -0.1) is 11.6 Å². The molecule has 4 N–H and O–H groups in total. The van der Waals surface area contributed by atoms with Crippen molar-refractivity contribution in [3.05, 3.63) is 52.9 Å². The number of aromatic nitrogens is 3. The number of para-hydroxylation sites is 1. The Kier molecular flexibility index (Phi) is 9.11. The van der Waals surface area contributed by atoms with Crippen LogP contribution in [0.25, 0.3) is 11.0 Å². The molecule has 0 bridgehead atoms. The molecule has 3 heterocycles. The molecule has 1 aromatic carbocycles. The fourth-order valence-corrected chi connectivity index (χ4v) is 7.40. The second-order valence-corrected chi connectivity index (χ2v) is 13.8. The molecule has 1 aliphatic rings. The number of fused-ring (bicyclic) bond motifs is 1. The van der Waals surface area contributed by atoms with E-state index in [1.165, 1.54) is 37.6 Å². The Hall–Kier alpha value is -2.96. The zero-order valence-electron chi connectivity index (χ0n) is 23.8. The van der Waals surface area contributed by atoms with E-state index in [9.17, 15) is 23.7 Å². The van der Waals surface area contributed by atoms with Crippen LogP contribution >= 0.6 is 19.2 Å². The van der Waals surface area contributed by atoms with E-state index in [1.807, 2.05) is 0 Å². The average molecular weight is 629 g/mol. The van der Waals surface area contributed by atoms with Gasteiger partial charge >= 0.3 is 13.6 Å². The summed E-state index contributed by atoms with van der Waals surface area (Å²) in [4.78, 5) is 29.4. The summed E-state index contributed by atoms with van der Waals surface area (Å²) >= 11 is 6.69. The molecule has 12 nitrogen and oxygen atoms in total. The van der Waals surface area contributed by atoms with Gasteiger partial charge in [0.2, 0.25) is 5.95 Å². The summed E-state index contributed by atoms with van der Waals surface area (Å²) < 4.78 is 53.5. The molecular formula is C27H35ClFN4O8P. The van der Waals surface area contributed by atoms with Crippen LogP contribution < -0.4 is 15.8 Å². The van der Waals surface area contributed by atoms with Crippen molar-refractivity contribution < 1.29 is 37.4 Å². The number of carbonyl (C=O) groups is 1. The molecule has 15 heteroatoms. The third-order valence-corrected chi connectivity index (χ3v) is 9.56. The van der Waals surface area contributed by atoms with Gasteiger partial charge in [0.05, 0.1) is 23.6 Å². The number of nitrogens with two attached hydrogens (primary N) is 1. The van der Waals surface area contributed by atoms with E-state index in [0.29, 0.717) is 0 Å². The molecule has 2 aromatic heterocycles. The highest BCUT2D eigenvalue weighted by atomic mass is 35.5. The highest BCUT2D eigenvalue weighted by Gasteiger charge is 2.62. The highest BCUT2D eigenvalue weighted by Crippen LogP contribution is 2.56. The summed E-state index contributed by atoms with van der Waals surface area (Å²) in [6.45, 7) is 6.62. The van der Waals surface area contributed by atoms with Crippen LogP contribution in [-0.4, -0.2) is 67.2 Å². The van der Waals surface area contributed by atoms with Gasteiger partial charge in [0.1, 0.15) is 35.1 Å². The number of nitrogens with zero attached hydrogens (tertiary/aromatic N) is 2. The number of esters is 1. The molecule has 4 rings (SSSR count). The standard InChI is InChI=1S/C27H35ClFN4O8P/c1-15(2)38-23(36)16(3)13-42(37,40-17-9-7-6-8-10-17)41-26(4,5)20-19(34)27(28,14-29)24(39-20)33-12-11-18-21(33)31-25(30)32-22(18)35/h6-12,15-16,19-20,24,34H,13-14H2,1-5H3,(H3,30,31,32,35)/t16-,19+,20+,24-,27?,42+/m1/s1. The molecule has 1 aliphatic heterocycles. The van der Waals surface area contributed by atoms with E-state index in [1.54, 1.807) is 44.2 Å². The van der Waals surface area contributed by atoms with Gasteiger partial charge in [0.25, 0.3) is 5.56 Å². The zero-order chi connectivity index (χ0) is 31.0. The quantitative estimate of drug-likeness (QED) is 0.159. The molecule has 0 aliphatic carbocycles. The molecule has 0 spiro atoms. The molecule has 1 fully saturated rings. The minimum atomic E-state index is -4.19. The van der Waals surface area contributed by atoms with Gasteiger partial charge in [0.15, 0.2) is 11.9 Å². The Bertz CT molecular complexity index is 1530. The van der Waals surface area contributed by atoms with Gasteiger partial charge in [-0.1, -0.05) is 25.1 Å². The first-order chi connectivity index (χ1) is 19.6. The number of aliphatic hydroxyl groups excluding tert-OH is 1. The Morgan fingerprint density at radius 1 is 1.31 bits per heavy atom. The van der Waals surface area contributed by atoms with Crippen LogP contribution in [0.2, 0.25) is 0 Å². The predicted molar refractivity (Wildman–Crippen MR) is 154 cm³/mol. The molecule has 1 saturated heterocycles. The fourth-order valence-electron chi connectivity index (χ4n) is 4.86. The van der Waals surface area contributed by atoms with E-state index in [-0.39, 0.29) is 28.9 Å². The maximum Gasteiger partial charge on any atom is 0.380 e. The van der Waals surface area contributed by atoms with Crippen molar-refractivity contribution in [2.24, 2.45) is 5.92 Å². The number of nitrogen functional groups attached to an aromatic ring is 1. The summed E-state index contributed by atoms with van der Waals surface area (Å²) in [7, 11) is -4.19. The van der Waals surface area contributed by atoms with Crippen molar-refractivity contribution in [1.82, 2.24) is 14.5 Å². The minimum absolute atomic E-state index is 0.0573. The molecule has 0 saturated carbocycles. The maximum atomic E-state index is 14.6. The highest BCUT2D eigenvalue weighted by molar-refractivity contribution is 7.54. The summed E-state index contributed by atoms with van der Waals surface area (Å²) in [5.41, 5.74) is 3.63. The summed E-state index contributed by atoms with van der Waals surface area (Å²) in [5.74, 6) is -1.46. The third kappa shape index (κ3) is 6.35. The third-order valence-electron chi connectivity index (χ3n) is 6.82. The van der Waals surface area contributed by atoms with Crippen molar-refractivity contribution in [1.29, 1.82) is 0 Å². The molecule has 1 unspecified atom stereocenters. The lowest BCUT2D eigenvalue weighted by Crippen LogP contribution is -2.50. The number of benzene rings is 1. The number of halogens is 2. The van der Waals surface area contributed by atoms with Crippen LogP contribution in [0.1, 0.15) is 40.8 Å². The normalized spacial score (nSPS) is 24.9. The van der Waals surface area contributed by atoms with Crippen LogP contribution in [0.15, 0.2) is 47.4 Å². The Morgan fingerprint density at radius 2 is 1.98 bits per heavy atom. The van der Waals surface area contributed by atoms with E-state index in [4.69, 9.17) is 35.9 Å². The summed E-state index contributed by atoms with van der Waals surface area (Å²) in [6.07, 6.45) is -3.79. The monoisotopic (exact) mass is 628 g/mol. The van der Waals surface area contributed by atoms with Gasteiger partial charge < -0.3 is 29.4 Å². The topological polar surface area (TPSA) is 168 Å². The van der Waals surface area contributed by atoms with Gasteiger partial charge in [-0.25, -0.2) is 8.96 Å². The van der Waals surface area contributed by atoms with Gasteiger partial charge in [-0.05, 0) is 45.9 Å². The van der Waals surface area contributed by atoms with Gasteiger partial charge in [0, 0.05) is 6.20 Å². The number of hydrogen-bond acceptors (Lipinski definition) is 10. The van der Waals surface area contributed by atoms with Gasteiger partial charge in [-0.2, -0.15) is 4.98 Å². The van der Waals surface area contributed by atoms with Crippen LogP contribution in [0.3, 0.4) is 0 Å². The number of alkyl halides is 2. The number of nitrogens with one attached hydrogen (secondary N) is 1. The Balaban J connectivity index is 1.68. The number of hydrogen-bond donors (Lipinski definition) is 3. The molecule has 3 aromatic rings. The SMILES string of the molecule is CC(C)OC(=O)[C@H](C)C[P@](=O)(Oc1ccccc1)OC(C)(C)[C@H]1O[C@@H](n2ccc3c(=O)[nH]c(N)nc32)C(Cl)(CF)[C@H]1O. The second-order valence-electron chi connectivity index (χ2n) is 11.1. The van der Waals surface area contributed by atoms with E-state index >= 15 is 0 Å². The summed E-state index contributed by atoms with van der Waals surface area (Å²) in [6, 6.07) is 9.66. The van der Waals surface area contributed by atoms with Crippen molar-refractivity contribution >= 4 is 42.1 Å². The smallest absolute Gasteiger partial charge is 0.380 e. The maximum absolute atomic E-state index is 14.6. The fraction of sp³-hybridized carbons (Fsp3) is 0.519. The van der Waals surface area contributed by atoms with Gasteiger partial charge in [-0.3, -0.25) is 19.1 Å². The van der Waals surface area contributed by atoms with Crippen molar-refractivity contribution in [2.45, 2.75) is 69.6 Å². The number of rotatable bonds is 11. The minimum Gasteiger partial charge on any atom is -0.463 e. The van der Waals surface area contributed by atoms with Crippen LogP contribution in [0, 0.1) is 5.92 Å². The Morgan fingerprint density at radius 3 is 2.60 bits per heavy atom. The molecule has 230 valence electrons. The first-order valence-electron chi connectivity index (χ1n) is 13.3. The zero-order valence-corrected chi connectivity index (χ0v) is 25.5. The average Bonchev–Trinajstić information content (AvgIpc) is 3.42. The predicted octanol–water partition coefficient (Wildman–Crippen LogP) is 4.17. The largest absolute Gasteiger partial charge is 0.463 e. The van der Waals surface area contributed by atoms with Crippen molar-refractivity contribution in [2.75, 3.05) is 18.6 Å². The van der Waals surface area contributed by atoms with Crippen molar-refractivity contribution in [3.63, 3.8) is 0 Å². The number of aromatic amines is 1. The Labute approximate surface area is 246 Å². The van der Waals surface area contributed by atoms with E-state index in [2.05, 4.69) is 9.97 Å². The number of H-pyrrole nitrogens is 1. The van der Waals surface area contributed by atoms with Crippen LogP contribution in [0.5, 0.6) is 5.75 Å². The van der Waals surface area contributed by atoms with E-state index < -0.39 is 66.7 Å². The second kappa shape index (κ2) is 12.0. The number of ether oxygens (including phenoxy) is 2. The van der Waals surface area contributed by atoms with Crippen LogP contribution in [-0.2, 0) is 23.4 Å². The number of carbonyl (C=O) groups excluding carboxylic acids is 1. The lowest BCUT2D eigenvalue weighted by atomic mass is 9.91.